The van der Waals surface area contributed by atoms with Gasteiger partial charge in [0, 0.05) is 36.7 Å². The van der Waals surface area contributed by atoms with E-state index in [9.17, 15) is 14.4 Å². The van der Waals surface area contributed by atoms with Crippen LogP contribution < -0.4 is 0 Å². The van der Waals surface area contributed by atoms with E-state index in [1.807, 2.05) is 29.2 Å². The molecule has 2 heterocycles. The maximum atomic E-state index is 13.0. The summed E-state index contributed by atoms with van der Waals surface area (Å²) in [7, 11) is 1.32. The number of carbonyl (C=O) groups is 3. The van der Waals surface area contributed by atoms with Crippen LogP contribution in [0, 0.1) is 0 Å². The SMILES string of the molecule is COC(=O)c1cn(C(=O)c2ccc(CN3CCCC3=O)cc2)c2ccccc12. The van der Waals surface area contributed by atoms with Crippen LogP contribution in [0.25, 0.3) is 10.9 Å². The number of rotatable bonds is 4. The Balaban J connectivity index is 1.63. The first kappa shape index (κ1) is 18.0. The fraction of sp³-hybridized carbons (Fsp3) is 0.227. The Morgan fingerprint density at radius 2 is 1.82 bits per heavy atom. The number of carbonyl (C=O) groups excluding carboxylic acids is 3. The van der Waals surface area contributed by atoms with Crippen molar-refractivity contribution >= 4 is 28.7 Å². The van der Waals surface area contributed by atoms with E-state index >= 15 is 0 Å². The Morgan fingerprint density at radius 3 is 2.50 bits per heavy atom. The van der Waals surface area contributed by atoms with Gasteiger partial charge in [-0.1, -0.05) is 30.3 Å². The fourth-order valence-electron chi connectivity index (χ4n) is 3.60. The summed E-state index contributed by atoms with van der Waals surface area (Å²) in [6.45, 7) is 1.34. The normalized spacial score (nSPS) is 13.9. The second-order valence-electron chi connectivity index (χ2n) is 6.84. The van der Waals surface area contributed by atoms with E-state index in [4.69, 9.17) is 4.74 Å². The molecule has 1 amide bonds. The van der Waals surface area contributed by atoms with Crippen LogP contribution >= 0.6 is 0 Å². The Labute approximate surface area is 162 Å². The number of methoxy groups -OCH3 is 1. The van der Waals surface area contributed by atoms with Crippen LogP contribution in [0.5, 0.6) is 0 Å². The van der Waals surface area contributed by atoms with Crippen molar-refractivity contribution in [2.24, 2.45) is 0 Å². The van der Waals surface area contributed by atoms with Gasteiger partial charge < -0.3 is 9.64 Å². The van der Waals surface area contributed by atoms with E-state index in [0.717, 1.165) is 18.5 Å². The van der Waals surface area contributed by atoms with Crippen molar-refractivity contribution in [3.8, 4) is 0 Å². The molecule has 142 valence electrons. The van der Waals surface area contributed by atoms with Crippen molar-refractivity contribution in [3.05, 3.63) is 71.4 Å². The molecule has 3 aromatic rings. The summed E-state index contributed by atoms with van der Waals surface area (Å²) in [5.74, 6) is -0.530. The van der Waals surface area contributed by atoms with Crippen molar-refractivity contribution in [3.63, 3.8) is 0 Å². The second-order valence-corrected chi connectivity index (χ2v) is 6.84. The van der Waals surface area contributed by atoms with E-state index in [-0.39, 0.29) is 11.8 Å². The summed E-state index contributed by atoms with van der Waals surface area (Å²) in [5, 5.41) is 0.673. The molecule has 28 heavy (non-hydrogen) atoms. The third-order valence-electron chi connectivity index (χ3n) is 5.08. The number of nitrogens with zero attached hydrogens (tertiary/aromatic N) is 2. The van der Waals surface area contributed by atoms with Crippen LogP contribution in [0.1, 0.15) is 39.1 Å². The molecule has 0 radical (unpaired) electrons. The lowest BCUT2D eigenvalue weighted by Gasteiger charge is -2.15. The lowest BCUT2D eigenvalue weighted by Crippen LogP contribution is -2.23. The number of esters is 1. The summed E-state index contributed by atoms with van der Waals surface area (Å²) in [6, 6.07) is 14.5. The molecule has 0 bridgehead atoms. The van der Waals surface area contributed by atoms with Crippen LogP contribution in [-0.4, -0.2) is 40.9 Å². The number of ether oxygens (including phenoxy) is 1. The number of hydrogen-bond donors (Lipinski definition) is 0. The predicted octanol–water partition coefficient (Wildman–Crippen LogP) is 3.24. The topological polar surface area (TPSA) is 68.6 Å². The van der Waals surface area contributed by atoms with Crippen LogP contribution in [0.2, 0.25) is 0 Å². The highest BCUT2D eigenvalue weighted by Gasteiger charge is 2.21. The minimum atomic E-state index is -0.478. The van der Waals surface area contributed by atoms with Gasteiger partial charge in [0.15, 0.2) is 0 Å². The highest BCUT2D eigenvalue weighted by Crippen LogP contribution is 2.23. The summed E-state index contributed by atoms with van der Waals surface area (Å²) in [4.78, 5) is 38.7. The first-order chi connectivity index (χ1) is 13.6. The molecule has 6 nitrogen and oxygen atoms in total. The van der Waals surface area contributed by atoms with Gasteiger partial charge in [-0.3, -0.25) is 14.2 Å². The van der Waals surface area contributed by atoms with Gasteiger partial charge in [-0.15, -0.1) is 0 Å². The molecule has 0 atom stereocenters. The molecule has 0 unspecified atom stereocenters. The van der Waals surface area contributed by atoms with E-state index in [1.54, 1.807) is 24.3 Å². The number of amides is 1. The number of aromatic nitrogens is 1. The zero-order chi connectivity index (χ0) is 19.7. The molecular weight excluding hydrogens is 356 g/mol. The largest absolute Gasteiger partial charge is 0.465 e. The average Bonchev–Trinajstić information content (AvgIpc) is 3.31. The molecule has 1 aliphatic heterocycles. The van der Waals surface area contributed by atoms with Crippen LogP contribution in [0.4, 0.5) is 0 Å². The molecule has 0 N–H and O–H groups in total. The molecule has 0 aliphatic carbocycles. The molecule has 0 spiro atoms. The van der Waals surface area contributed by atoms with Gasteiger partial charge in [0.1, 0.15) is 0 Å². The smallest absolute Gasteiger partial charge is 0.340 e. The molecule has 6 heteroatoms. The number of hydrogen-bond acceptors (Lipinski definition) is 4. The molecule has 0 saturated carbocycles. The van der Waals surface area contributed by atoms with Gasteiger partial charge >= 0.3 is 5.97 Å². The monoisotopic (exact) mass is 376 g/mol. The van der Waals surface area contributed by atoms with E-state index in [2.05, 4.69) is 0 Å². The van der Waals surface area contributed by atoms with Gasteiger partial charge in [-0.2, -0.15) is 0 Å². The van der Waals surface area contributed by atoms with Gasteiger partial charge in [0.25, 0.3) is 5.91 Å². The molecule has 1 saturated heterocycles. The summed E-state index contributed by atoms with van der Waals surface area (Å²) >= 11 is 0. The van der Waals surface area contributed by atoms with Crippen molar-refractivity contribution in [1.82, 2.24) is 9.47 Å². The van der Waals surface area contributed by atoms with Gasteiger partial charge in [0.05, 0.1) is 18.2 Å². The maximum absolute atomic E-state index is 13.0. The minimum absolute atomic E-state index is 0.175. The lowest BCUT2D eigenvalue weighted by atomic mass is 10.1. The third kappa shape index (κ3) is 3.17. The van der Waals surface area contributed by atoms with E-state index in [1.165, 1.54) is 17.9 Å². The summed E-state index contributed by atoms with van der Waals surface area (Å²) < 4.78 is 6.31. The van der Waals surface area contributed by atoms with E-state index in [0.29, 0.717) is 35.0 Å². The zero-order valence-electron chi connectivity index (χ0n) is 15.6. The van der Waals surface area contributed by atoms with Crippen LogP contribution in [0.15, 0.2) is 54.7 Å². The van der Waals surface area contributed by atoms with Gasteiger partial charge in [0.2, 0.25) is 5.91 Å². The number of fused-ring (bicyclic) bond motifs is 1. The third-order valence-corrected chi connectivity index (χ3v) is 5.08. The molecule has 4 rings (SSSR count). The summed E-state index contributed by atoms with van der Waals surface area (Å²) in [6.07, 6.45) is 3.04. The quantitative estimate of drug-likeness (QED) is 0.656. The minimum Gasteiger partial charge on any atom is -0.465 e. The van der Waals surface area contributed by atoms with E-state index < -0.39 is 5.97 Å². The summed E-state index contributed by atoms with van der Waals surface area (Å²) in [5.41, 5.74) is 2.50. The Kier molecular flexibility index (Phi) is 4.69. The van der Waals surface area contributed by atoms with Crippen molar-refractivity contribution in [2.45, 2.75) is 19.4 Å². The second kappa shape index (κ2) is 7.31. The number of likely N-dealkylation sites (tertiary alicyclic amines) is 1. The Hall–Kier alpha value is -3.41. The number of para-hydroxylation sites is 1. The fourth-order valence-corrected chi connectivity index (χ4v) is 3.60. The lowest BCUT2D eigenvalue weighted by molar-refractivity contribution is -0.128. The number of benzene rings is 2. The standard InChI is InChI=1S/C22H20N2O4/c1-28-22(27)18-14-24(19-6-3-2-5-17(18)19)21(26)16-10-8-15(9-11-16)13-23-12-4-7-20(23)25/h2-3,5-6,8-11,14H,4,7,12-13H2,1H3. The molecule has 1 aromatic heterocycles. The average molecular weight is 376 g/mol. The predicted molar refractivity (Wildman–Crippen MR) is 104 cm³/mol. The highest BCUT2D eigenvalue weighted by molar-refractivity contribution is 6.09. The molecular formula is C22H20N2O4. The molecule has 1 fully saturated rings. The van der Waals surface area contributed by atoms with Crippen LogP contribution in [-0.2, 0) is 16.1 Å². The van der Waals surface area contributed by atoms with Gasteiger partial charge in [-0.25, -0.2) is 4.79 Å². The van der Waals surface area contributed by atoms with Crippen LogP contribution in [0.3, 0.4) is 0 Å². The highest BCUT2D eigenvalue weighted by atomic mass is 16.5. The maximum Gasteiger partial charge on any atom is 0.340 e. The Morgan fingerprint density at radius 1 is 1.07 bits per heavy atom. The first-order valence-electron chi connectivity index (χ1n) is 9.18. The molecule has 1 aliphatic rings. The van der Waals surface area contributed by atoms with Crippen molar-refractivity contribution in [2.75, 3.05) is 13.7 Å². The Bertz CT molecular complexity index is 1070. The zero-order valence-corrected chi connectivity index (χ0v) is 15.6. The molecule has 2 aromatic carbocycles. The van der Waals surface area contributed by atoms with Crippen molar-refractivity contribution < 1.29 is 19.1 Å². The van der Waals surface area contributed by atoms with Gasteiger partial charge in [-0.05, 0) is 30.2 Å². The first-order valence-corrected chi connectivity index (χ1v) is 9.18. The van der Waals surface area contributed by atoms with Crippen molar-refractivity contribution in [1.29, 1.82) is 0 Å².